The molecule has 0 aromatic heterocycles. The normalized spacial score (nSPS) is 12.2. The quantitative estimate of drug-likeness (QED) is 0.616. The Kier molecular flexibility index (Phi) is 8.47. The van der Waals surface area contributed by atoms with Gasteiger partial charge in [0.25, 0.3) is 0 Å². The Labute approximate surface area is 189 Å². The number of likely N-dealkylation sites (N-methyl/N-ethyl adjacent to an activating group) is 1. The van der Waals surface area contributed by atoms with Gasteiger partial charge in [-0.05, 0) is 44.0 Å². The number of carbonyl (C=O) groups is 2. The van der Waals surface area contributed by atoms with Gasteiger partial charge in [0.2, 0.25) is 21.8 Å². The number of nitrogens with one attached hydrogen (secondary N) is 1. The van der Waals surface area contributed by atoms with Crippen LogP contribution in [-0.2, 0) is 26.2 Å². The fraction of sp³-hybridized carbons (Fsp3) is 0.364. The Hall–Kier alpha value is -2.58. The summed E-state index contributed by atoms with van der Waals surface area (Å²) in [6, 6.07) is 13.3. The van der Waals surface area contributed by atoms with E-state index < -0.39 is 28.5 Å². The van der Waals surface area contributed by atoms with Crippen LogP contribution in [0.25, 0.3) is 0 Å². The molecule has 0 aliphatic heterocycles. The molecule has 0 spiro atoms. The number of amides is 2. The summed E-state index contributed by atoms with van der Waals surface area (Å²) in [7, 11) is -3.78. The third kappa shape index (κ3) is 6.70. The largest absolute Gasteiger partial charge is 0.355 e. The summed E-state index contributed by atoms with van der Waals surface area (Å²) in [6.07, 6.45) is 1.03. The van der Waals surface area contributed by atoms with E-state index >= 15 is 0 Å². The van der Waals surface area contributed by atoms with Crippen molar-refractivity contribution in [1.29, 1.82) is 0 Å². The summed E-state index contributed by atoms with van der Waals surface area (Å²) < 4.78 is 26.0. The Morgan fingerprint density at radius 3 is 2.32 bits per heavy atom. The lowest BCUT2D eigenvalue weighted by atomic mass is 10.1. The number of hydrogen-bond acceptors (Lipinski definition) is 4. The van der Waals surface area contributed by atoms with E-state index in [0.29, 0.717) is 11.6 Å². The molecule has 0 unspecified atom stereocenters. The third-order valence-electron chi connectivity index (χ3n) is 4.84. The Balaban J connectivity index is 2.38. The van der Waals surface area contributed by atoms with Crippen molar-refractivity contribution < 1.29 is 18.0 Å². The van der Waals surface area contributed by atoms with Crippen molar-refractivity contribution in [3.63, 3.8) is 0 Å². The van der Waals surface area contributed by atoms with Crippen LogP contribution in [0.2, 0.25) is 5.02 Å². The summed E-state index contributed by atoms with van der Waals surface area (Å²) in [4.78, 5) is 27.1. The first-order chi connectivity index (χ1) is 14.5. The molecule has 0 bridgehead atoms. The number of nitrogens with zero attached hydrogens (tertiary/aromatic N) is 2. The Morgan fingerprint density at radius 1 is 1.13 bits per heavy atom. The van der Waals surface area contributed by atoms with Gasteiger partial charge in [0.05, 0.1) is 11.9 Å². The van der Waals surface area contributed by atoms with Gasteiger partial charge in [-0.25, -0.2) is 8.42 Å². The zero-order valence-corrected chi connectivity index (χ0v) is 19.7. The van der Waals surface area contributed by atoms with Crippen LogP contribution >= 0.6 is 11.6 Å². The number of sulfonamides is 1. The van der Waals surface area contributed by atoms with Gasteiger partial charge in [-0.2, -0.15) is 0 Å². The van der Waals surface area contributed by atoms with Crippen LogP contribution in [0.4, 0.5) is 5.69 Å². The third-order valence-corrected chi connectivity index (χ3v) is 6.38. The molecular weight excluding hydrogens is 438 g/mol. The van der Waals surface area contributed by atoms with Crippen LogP contribution in [0.15, 0.2) is 48.5 Å². The summed E-state index contributed by atoms with van der Waals surface area (Å²) >= 11 is 6.17. The fourth-order valence-corrected chi connectivity index (χ4v) is 4.05. The summed E-state index contributed by atoms with van der Waals surface area (Å²) in [5, 5.41) is 3.11. The van der Waals surface area contributed by atoms with Crippen molar-refractivity contribution in [1.82, 2.24) is 10.2 Å². The number of anilines is 1. The SMILES string of the molecule is CCNC(=O)[C@@H](C)N(Cc1ccccc1)C(=O)CN(c1ccc(C)c(Cl)c1)S(C)(=O)=O. The Morgan fingerprint density at radius 2 is 1.77 bits per heavy atom. The van der Waals surface area contributed by atoms with E-state index in [9.17, 15) is 18.0 Å². The minimum Gasteiger partial charge on any atom is -0.355 e. The molecule has 1 atom stereocenters. The zero-order chi connectivity index (χ0) is 23.2. The molecule has 0 radical (unpaired) electrons. The number of carbonyl (C=O) groups excluding carboxylic acids is 2. The van der Waals surface area contributed by atoms with Crippen LogP contribution in [0.3, 0.4) is 0 Å². The highest BCUT2D eigenvalue weighted by Gasteiger charge is 2.30. The van der Waals surface area contributed by atoms with Crippen molar-refractivity contribution in [3.8, 4) is 0 Å². The number of rotatable bonds is 9. The van der Waals surface area contributed by atoms with Gasteiger partial charge in [-0.3, -0.25) is 13.9 Å². The fourth-order valence-electron chi connectivity index (χ4n) is 3.04. The molecule has 7 nitrogen and oxygen atoms in total. The number of hydrogen-bond donors (Lipinski definition) is 1. The summed E-state index contributed by atoms with van der Waals surface area (Å²) in [5.74, 6) is -0.805. The van der Waals surface area contributed by atoms with E-state index in [1.807, 2.05) is 30.3 Å². The molecule has 168 valence electrons. The van der Waals surface area contributed by atoms with Gasteiger partial charge < -0.3 is 10.2 Å². The number of benzene rings is 2. The molecule has 0 aliphatic carbocycles. The van der Waals surface area contributed by atoms with Crippen molar-refractivity contribution in [3.05, 3.63) is 64.7 Å². The van der Waals surface area contributed by atoms with E-state index in [1.165, 1.54) is 11.0 Å². The van der Waals surface area contributed by atoms with Gasteiger partial charge in [0, 0.05) is 18.1 Å². The second-order valence-electron chi connectivity index (χ2n) is 7.28. The second kappa shape index (κ2) is 10.6. The first-order valence-corrected chi connectivity index (χ1v) is 12.1. The topological polar surface area (TPSA) is 86.8 Å². The molecular formula is C22H28ClN3O4S. The Bertz CT molecular complexity index is 1030. The van der Waals surface area contributed by atoms with Crippen molar-refractivity contribution >= 4 is 39.1 Å². The van der Waals surface area contributed by atoms with E-state index in [1.54, 1.807) is 32.9 Å². The molecule has 0 fully saturated rings. The molecule has 2 amide bonds. The van der Waals surface area contributed by atoms with Crippen LogP contribution in [0.1, 0.15) is 25.0 Å². The molecule has 0 saturated heterocycles. The molecule has 0 saturated carbocycles. The highest BCUT2D eigenvalue weighted by molar-refractivity contribution is 7.92. The molecule has 0 heterocycles. The first kappa shape index (κ1) is 24.7. The molecule has 31 heavy (non-hydrogen) atoms. The zero-order valence-electron chi connectivity index (χ0n) is 18.1. The van der Waals surface area contributed by atoms with Crippen LogP contribution in [-0.4, -0.2) is 50.5 Å². The smallest absolute Gasteiger partial charge is 0.244 e. The predicted octanol–water partition coefficient (Wildman–Crippen LogP) is 2.97. The second-order valence-corrected chi connectivity index (χ2v) is 9.59. The van der Waals surface area contributed by atoms with Crippen molar-refractivity contribution in [2.45, 2.75) is 33.4 Å². The van der Waals surface area contributed by atoms with Crippen molar-refractivity contribution in [2.24, 2.45) is 0 Å². The molecule has 9 heteroatoms. The van der Waals surface area contributed by atoms with E-state index in [-0.39, 0.29) is 18.1 Å². The van der Waals surface area contributed by atoms with Gasteiger partial charge >= 0.3 is 0 Å². The highest BCUT2D eigenvalue weighted by Crippen LogP contribution is 2.25. The maximum absolute atomic E-state index is 13.3. The van der Waals surface area contributed by atoms with E-state index in [4.69, 9.17) is 11.6 Å². The lowest BCUT2D eigenvalue weighted by Gasteiger charge is -2.31. The van der Waals surface area contributed by atoms with Crippen molar-refractivity contribution in [2.75, 3.05) is 23.7 Å². The minimum absolute atomic E-state index is 0.171. The van der Waals surface area contributed by atoms with E-state index in [0.717, 1.165) is 21.7 Å². The monoisotopic (exact) mass is 465 g/mol. The minimum atomic E-state index is -3.78. The summed E-state index contributed by atoms with van der Waals surface area (Å²) in [5.41, 5.74) is 1.91. The molecule has 0 aliphatic rings. The maximum atomic E-state index is 13.3. The van der Waals surface area contributed by atoms with Gasteiger partial charge in [0.15, 0.2) is 0 Å². The first-order valence-electron chi connectivity index (χ1n) is 9.89. The molecule has 1 N–H and O–H groups in total. The van der Waals surface area contributed by atoms with Gasteiger partial charge in [-0.1, -0.05) is 48.0 Å². The predicted molar refractivity (Wildman–Crippen MR) is 124 cm³/mol. The summed E-state index contributed by atoms with van der Waals surface area (Å²) in [6.45, 7) is 5.37. The number of halogens is 1. The molecule has 2 aromatic rings. The highest BCUT2D eigenvalue weighted by atomic mass is 35.5. The van der Waals surface area contributed by atoms with Crippen LogP contribution < -0.4 is 9.62 Å². The maximum Gasteiger partial charge on any atom is 0.244 e. The van der Waals surface area contributed by atoms with Crippen LogP contribution in [0, 0.1) is 6.92 Å². The van der Waals surface area contributed by atoms with Crippen LogP contribution in [0.5, 0.6) is 0 Å². The van der Waals surface area contributed by atoms with Gasteiger partial charge in [-0.15, -0.1) is 0 Å². The molecule has 2 aromatic carbocycles. The van der Waals surface area contributed by atoms with Gasteiger partial charge in [0.1, 0.15) is 12.6 Å². The van der Waals surface area contributed by atoms with E-state index in [2.05, 4.69) is 5.32 Å². The lowest BCUT2D eigenvalue weighted by Crippen LogP contribution is -2.51. The number of aryl methyl sites for hydroxylation is 1. The average Bonchev–Trinajstić information content (AvgIpc) is 2.72. The average molecular weight is 466 g/mol. The standard InChI is InChI=1S/C22H28ClN3O4S/c1-5-24-22(28)17(3)25(14-18-9-7-6-8-10-18)21(27)15-26(31(4,29)30)19-12-11-16(2)20(23)13-19/h6-13,17H,5,14-15H2,1-4H3,(H,24,28)/t17-/m1/s1. The molecule has 2 rings (SSSR count). The lowest BCUT2D eigenvalue weighted by molar-refractivity contribution is -0.139.